The van der Waals surface area contributed by atoms with Crippen LogP contribution in [0.1, 0.15) is 30.0 Å². The first kappa shape index (κ1) is 20.1. The van der Waals surface area contributed by atoms with Gasteiger partial charge in [-0.05, 0) is 61.1 Å². The standard InChI is InChI=1S/C27H30N2O2/c1-31-24-11-9-22(10-12-24)25-13-14-26(30)29-18-21-16-23(27(25)29)19-28(17-21)15-5-8-20-6-3-2-4-7-20/h2-4,6-7,9-14,21,23H,5,8,15-19H2,1H3/t21-,23-/m0/s1. The number of hydrogen-bond acceptors (Lipinski definition) is 3. The van der Waals surface area contributed by atoms with E-state index in [9.17, 15) is 4.79 Å². The van der Waals surface area contributed by atoms with Crippen molar-refractivity contribution in [3.05, 3.63) is 88.3 Å². The van der Waals surface area contributed by atoms with Crippen LogP contribution in [0, 0.1) is 5.92 Å². The number of methoxy groups -OCH3 is 1. The second-order valence-corrected chi connectivity index (χ2v) is 8.96. The fourth-order valence-electron chi connectivity index (χ4n) is 5.46. The maximum atomic E-state index is 12.7. The Morgan fingerprint density at radius 3 is 2.52 bits per heavy atom. The van der Waals surface area contributed by atoms with Gasteiger partial charge >= 0.3 is 0 Å². The van der Waals surface area contributed by atoms with E-state index >= 15 is 0 Å². The zero-order valence-electron chi connectivity index (χ0n) is 18.2. The number of pyridine rings is 1. The summed E-state index contributed by atoms with van der Waals surface area (Å²) in [6, 6.07) is 22.7. The Balaban J connectivity index is 1.37. The van der Waals surface area contributed by atoms with Crippen LogP contribution in [0.3, 0.4) is 0 Å². The van der Waals surface area contributed by atoms with Crippen molar-refractivity contribution >= 4 is 0 Å². The number of nitrogens with zero attached hydrogens (tertiary/aromatic N) is 2. The van der Waals surface area contributed by atoms with Gasteiger partial charge in [0.15, 0.2) is 0 Å². The van der Waals surface area contributed by atoms with E-state index in [1.54, 1.807) is 13.2 Å². The van der Waals surface area contributed by atoms with Crippen LogP contribution in [-0.4, -0.2) is 36.2 Å². The maximum Gasteiger partial charge on any atom is 0.250 e. The topological polar surface area (TPSA) is 34.5 Å². The molecule has 4 heteroatoms. The third-order valence-electron chi connectivity index (χ3n) is 6.85. The number of hydrogen-bond donors (Lipinski definition) is 0. The van der Waals surface area contributed by atoms with Crippen molar-refractivity contribution in [3.8, 4) is 16.9 Å². The second kappa shape index (κ2) is 8.72. The predicted molar refractivity (Wildman–Crippen MR) is 125 cm³/mol. The van der Waals surface area contributed by atoms with E-state index < -0.39 is 0 Å². The van der Waals surface area contributed by atoms with Gasteiger partial charge in [0.05, 0.1) is 7.11 Å². The fourth-order valence-corrected chi connectivity index (χ4v) is 5.46. The zero-order valence-corrected chi connectivity index (χ0v) is 18.2. The van der Waals surface area contributed by atoms with Crippen LogP contribution < -0.4 is 10.3 Å². The summed E-state index contributed by atoms with van der Waals surface area (Å²) < 4.78 is 7.38. The molecule has 3 aromatic rings. The molecule has 0 radical (unpaired) electrons. The maximum absolute atomic E-state index is 12.7. The van der Waals surface area contributed by atoms with E-state index in [4.69, 9.17) is 4.74 Å². The van der Waals surface area contributed by atoms with E-state index in [1.165, 1.54) is 29.7 Å². The molecule has 5 rings (SSSR count). The van der Waals surface area contributed by atoms with Gasteiger partial charge in [-0.15, -0.1) is 0 Å². The molecule has 4 nitrogen and oxygen atoms in total. The monoisotopic (exact) mass is 414 g/mol. The van der Waals surface area contributed by atoms with Crippen molar-refractivity contribution in [2.45, 2.75) is 31.7 Å². The average Bonchev–Trinajstić information content (AvgIpc) is 2.80. The molecule has 2 aliphatic rings. The highest BCUT2D eigenvalue weighted by Crippen LogP contribution is 2.40. The minimum atomic E-state index is 0.138. The molecule has 0 saturated carbocycles. The van der Waals surface area contributed by atoms with Gasteiger partial charge in [-0.2, -0.15) is 0 Å². The third-order valence-corrected chi connectivity index (χ3v) is 6.85. The summed E-state index contributed by atoms with van der Waals surface area (Å²) in [7, 11) is 1.69. The molecule has 1 saturated heterocycles. The van der Waals surface area contributed by atoms with Gasteiger partial charge < -0.3 is 14.2 Å². The lowest BCUT2D eigenvalue weighted by Crippen LogP contribution is -2.47. The molecular formula is C27H30N2O2. The smallest absolute Gasteiger partial charge is 0.250 e. The predicted octanol–water partition coefficient (Wildman–Crippen LogP) is 4.58. The molecule has 0 spiro atoms. The van der Waals surface area contributed by atoms with Crippen LogP contribution in [0.4, 0.5) is 0 Å². The summed E-state index contributed by atoms with van der Waals surface area (Å²) in [5.41, 5.74) is 5.13. The van der Waals surface area contributed by atoms with Gasteiger partial charge in [-0.25, -0.2) is 0 Å². The molecule has 0 aliphatic carbocycles. The minimum Gasteiger partial charge on any atom is -0.497 e. The number of aryl methyl sites for hydroxylation is 1. The van der Waals surface area contributed by atoms with Crippen molar-refractivity contribution in [1.29, 1.82) is 0 Å². The molecule has 0 N–H and O–H groups in total. The van der Waals surface area contributed by atoms with Crippen LogP contribution in [0.25, 0.3) is 11.1 Å². The number of ether oxygens (including phenoxy) is 1. The molecule has 0 amide bonds. The van der Waals surface area contributed by atoms with Crippen LogP contribution in [0.2, 0.25) is 0 Å². The van der Waals surface area contributed by atoms with Crippen molar-refractivity contribution in [2.24, 2.45) is 5.92 Å². The number of benzene rings is 2. The van der Waals surface area contributed by atoms with Crippen LogP contribution >= 0.6 is 0 Å². The molecule has 160 valence electrons. The molecule has 1 aromatic heterocycles. The largest absolute Gasteiger partial charge is 0.497 e. The van der Waals surface area contributed by atoms with Gasteiger partial charge in [-0.3, -0.25) is 4.79 Å². The van der Waals surface area contributed by atoms with Gasteiger partial charge in [0, 0.05) is 42.9 Å². The lowest BCUT2D eigenvalue weighted by atomic mass is 9.80. The highest BCUT2D eigenvalue weighted by molar-refractivity contribution is 5.67. The van der Waals surface area contributed by atoms with Crippen molar-refractivity contribution < 1.29 is 4.74 Å². The summed E-state index contributed by atoms with van der Waals surface area (Å²) in [6.07, 6.45) is 3.48. The number of fused-ring (bicyclic) bond motifs is 4. The van der Waals surface area contributed by atoms with Crippen LogP contribution in [0.5, 0.6) is 5.75 Å². The summed E-state index contributed by atoms with van der Waals surface area (Å²) in [4.78, 5) is 15.3. The molecule has 0 unspecified atom stereocenters. The summed E-state index contributed by atoms with van der Waals surface area (Å²) in [5.74, 6) is 1.83. The van der Waals surface area contributed by atoms with Crippen molar-refractivity contribution in [2.75, 3.05) is 26.7 Å². The highest BCUT2D eigenvalue weighted by atomic mass is 16.5. The van der Waals surface area contributed by atoms with Crippen LogP contribution in [0.15, 0.2) is 71.5 Å². The van der Waals surface area contributed by atoms with Gasteiger partial charge in [0.25, 0.3) is 5.56 Å². The summed E-state index contributed by atoms with van der Waals surface area (Å²) >= 11 is 0. The fraction of sp³-hybridized carbons (Fsp3) is 0.370. The van der Waals surface area contributed by atoms with E-state index in [0.29, 0.717) is 11.8 Å². The molecule has 1 fully saturated rings. The molecule has 31 heavy (non-hydrogen) atoms. The first-order valence-corrected chi connectivity index (χ1v) is 11.4. The Morgan fingerprint density at radius 2 is 1.74 bits per heavy atom. The summed E-state index contributed by atoms with van der Waals surface area (Å²) in [6.45, 7) is 4.10. The number of likely N-dealkylation sites (tertiary alicyclic amines) is 1. The first-order chi connectivity index (χ1) is 15.2. The Morgan fingerprint density at radius 1 is 0.935 bits per heavy atom. The van der Waals surface area contributed by atoms with Gasteiger partial charge in [0.2, 0.25) is 0 Å². The van der Waals surface area contributed by atoms with Crippen molar-refractivity contribution in [3.63, 3.8) is 0 Å². The Hall–Kier alpha value is -2.85. The van der Waals surface area contributed by atoms with E-state index in [1.807, 2.05) is 18.2 Å². The van der Waals surface area contributed by atoms with Gasteiger partial charge in [0.1, 0.15) is 5.75 Å². The van der Waals surface area contributed by atoms with Crippen molar-refractivity contribution in [1.82, 2.24) is 9.47 Å². The molecular weight excluding hydrogens is 384 g/mol. The molecule has 3 heterocycles. The number of rotatable bonds is 6. The van der Waals surface area contributed by atoms with Gasteiger partial charge in [-0.1, -0.05) is 42.5 Å². The average molecular weight is 415 g/mol. The Labute approximate surface area is 184 Å². The van der Waals surface area contributed by atoms with Crippen LogP contribution in [-0.2, 0) is 13.0 Å². The SMILES string of the molecule is COc1ccc(-c2ccc(=O)n3c2[C@H]2C[C@@H](CN(CCCc4ccccc4)C2)C3)cc1. The van der Waals surface area contributed by atoms with E-state index in [-0.39, 0.29) is 5.56 Å². The second-order valence-electron chi connectivity index (χ2n) is 8.96. The lowest BCUT2D eigenvalue weighted by Gasteiger charge is -2.43. The normalized spacial score (nSPS) is 20.3. The Kier molecular flexibility index (Phi) is 5.65. The highest BCUT2D eigenvalue weighted by Gasteiger charge is 2.36. The minimum absolute atomic E-state index is 0.138. The quantitative estimate of drug-likeness (QED) is 0.592. The zero-order chi connectivity index (χ0) is 21.2. The lowest BCUT2D eigenvalue weighted by molar-refractivity contribution is 0.119. The molecule has 2 bridgehead atoms. The number of piperidine rings is 1. The molecule has 2 aromatic carbocycles. The van der Waals surface area contributed by atoms with E-state index in [2.05, 4.69) is 51.9 Å². The first-order valence-electron chi connectivity index (χ1n) is 11.4. The summed E-state index contributed by atoms with van der Waals surface area (Å²) in [5, 5.41) is 0. The Bertz CT molecular complexity index is 1090. The molecule has 2 atom stereocenters. The van der Waals surface area contributed by atoms with E-state index in [0.717, 1.165) is 43.9 Å². The third kappa shape index (κ3) is 4.17. The molecule has 2 aliphatic heterocycles. The number of aromatic nitrogens is 1.